The molecule has 3 heterocycles. The first-order valence-corrected chi connectivity index (χ1v) is 7.77. The predicted molar refractivity (Wildman–Crippen MR) is 75.5 cm³/mol. The topological polar surface area (TPSA) is 24.5 Å². The molecule has 1 saturated heterocycles. The van der Waals surface area contributed by atoms with Gasteiger partial charge in [0.15, 0.2) is 5.06 Å². The molecule has 0 radical (unpaired) electrons. The number of ether oxygens (including phenoxy) is 1. The normalized spacial score (nSPS) is 24.5. The molecule has 1 N–H and O–H groups in total. The predicted octanol–water partition coefficient (Wildman–Crippen LogP) is 2.26. The van der Waals surface area contributed by atoms with Crippen LogP contribution in [0.3, 0.4) is 0 Å². The minimum Gasteiger partial charge on any atom is -0.479 e. The summed E-state index contributed by atoms with van der Waals surface area (Å²) in [5.41, 5.74) is 1.49. The van der Waals surface area contributed by atoms with Gasteiger partial charge in [-0.15, -0.1) is 11.3 Å². The molecule has 1 unspecified atom stereocenters. The summed E-state index contributed by atoms with van der Waals surface area (Å²) in [6.07, 6.45) is 2.71. The maximum Gasteiger partial charge on any atom is 0.174 e. The Hall–Kier alpha value is -0.580. The molecule has 0 aliphatic carbocycles. The lowest BCUT2D eigenvalue weighted by Crippen LogP contribution is -2.30. The van der Waals surface area contributed by atoms with E-state index in [2.05, 4.69) is 30.1 Å². The minimum atomic E-state index is 0.389. The fourth-order valence-corrected chi connectivity index (χ4v) is 3.86. The van der Waals surface area contributed by atoms with Crippen molar-refractivity contribution >= 4 is 11.3 Å². The molecule has 0 bridgehead atoms. The van der Waals surface area contributed by atoms with Crippen molar-refractivity contribution in [3.63, 3.8) is 0 Å². The molecule has 2 aliphatic rings. The summed E-state index contributed by atoms with van der Waals surface area (Å²) >= 11 is 1.83. The zero-order valence-corrected chi connectivity index (χ0v) is 12.1. The molecule has 4 heteroatoms. The zero-order valence-electron chi connectivity index (χ0n) is 11.2. The van der Waals surface area contributed by atoms with Crippen LogP contribution in [0.5, 0.6) is 5.06 Å². The summed E-state index contributed by atoms with van der Waals surface area (Å²) in [6.45, 7) is 8.91. The monoisotopic (exact) mass is 266 g/mol. The lowest BCUT2D eigenvalue weighted by Gasteiger charge is -2.20. The number of hydrogen-bond donors (Lipinski definition) is 1. The number of fused-ring (bicyclic) bond motifs is 1. The van der Waals surface area contributed by atoms with Gasteiger partial charge in [0.05, 0.1) is 0 Å². The van der Waals surface area contributed by atoms with Gasteiger partial charge in [-0.3, -0.25) is 4.90 Å². The van der Waals surface area contributed by atoms with Crippen LogP contribution in [0.15, 0.2) is 6.07 Å². The van der Waals surface area contributed by atoms with E-state index in [9.17, 15) is 0 Å². The highest BCUT2D eigenvalue weighted by atomic mass is 32.1. The van der Waals surface area contributed by atoms with E-state index < -0.39 is 0 Å². The summed E-state index contributed by atoms with van der Waals surface area (Å²) in [5.74, 6) is 0. The largest absolute Gasteiger partial charge is 0.479 e. The number of likely N-dealkylation sites (tertiary alicyclic amines) is 1. The fourth-order valence-electron chi connectivity index (χ4n) is 2.77. The number of thiophene rings is 1. The number of rotatable bonds is 3. The molecule has 1 atom stereocenters. The lowest BCUT2D eigenvalue weighted by atomic mass is 10.1. The molecular weight excluding hydrogens is 244 g/mol. The Bertz CT molecular complexity index is 392. The Balaban J connectivity index is 1.61. The van der Waals surface area contributed by atoms with Gasteiger partial charge >= 0.3 is 0 Å². The molecule has 1 aromatic heterocycles. The molecule has 100 valence electrons. The fraction of sp³-hybridized carbons (Fsp3) is 0.714. The van der Waals surface area contributed by atoms with Crippen LogP contribution < -0.4 is 10.1 Å². The van der Waals surface area contributed by atoms with Crippen LogP contribution in [0.25, 0.3) is 0 Å². The van der Waals surface area contributed by atoms with Crippen molar-refractivity contribution in [2.24, 2.45) is 0 Å². The van der Waals surface area contributed by atoms with Gasteiger partial charge in [0.1, 0.15) is 6.10 Å². The minimum absolute atomic E-state index is 0.389. The van der Waals surface area contributed by atoms with Crippen molar-refractivity contribution in [2.45, 2.75) is 45.4 Å². The molecule has 3 rings (SSSR count). The molecule has 1 fully saturated rings. The smallest absolute Gasteiger partial charge is 0.174 e. The van der Waals surface area contributed by atoms with Crippen molar-refractivity contribution in [3.05, 3.63) is 16.5 Å². The molecule has 0 amide bonds. The standard InChI is InChI=1S/C14H22N2OS/c1-10(2)16-6-4-12(9-16)17-14-7-11-3-5-15-8-13(11)18-14/h7,10,12,15H,3-6,8-9H2,1-2H3. The third-order valence-corrected chi connectivity index (χ3v) is 4.99. The molecule has 1 aromatic rings. The second-order valence-electron chi connectivity index (χ2n) is 5.56. The summed E-state index contributed by atoms with van der Waals surface area (Å²) < 4.78 is 6.16. The van der Waals surface area contributed by atoms with Gasteiger partial charge in [0.2, 0.25) is 0 Å². The van der Waals surface area contributed by atoms with Gasteiger partial charge in [-0.2, -0.15) is 0 Å². The molecule has 18 heavy (non-hydrogen) atoms. The molecule has 3 nitrogen and oxygen atoms in total. The van der Waals surface area contributed by atoms with Crippen LogP contribution in [-0.2, 0) is 13.0 Å². The Morgan fingerprint density at radius 3 is 3.11 bits per heavy atom. The van der Waals surface area contributed by atoms with Crippen LogP contribution in [0.2, 0.25) is 0 Å². The van der Waals surface area contributed by atoms with Gasteiger partial charge < -0.3 is 10.1 Å². The SMILES string of the molecule is CC(C)N1CCC(Oc2cc3c(s2)CNCC3)C1. The van der Waals surface area contributed by atoms with Gasteiger partial charge in [0.25, 0.3) is 0 Å². The summed E-state index contributed by atoms with van der Waals surface area (Å²) in [7, 11) is 0. The quantitative estimate of drug-likeness (QED) is 0.908. The van der Waals surface area contributed by atoms with E-state index in [1.165, 1.54) is 23.4 Å². The zero-order chi connectivity index (χ0) is 12.5. The Kier molecular flexibility index (Phi) is 3.59. The molecule has 0 saturated carbocycles. The van der Waals surface area contributed by atoms with Crippen molar-refractivity contribution in [1.82, 2.24) is 10.2 Å². The van der Waals surface area contributed by atoms with Gasteiger partial charge in [-0.1, -0.05) is 0 Å². The van der Waals surface area contributed by atoms with Crippen molar-refractivity contribution in [3.8, 4) is 5.06 Å². The second-order valence-corrected chi connectivity index (χ2v) is 6.66. The van der Waals surface area contributed by atoms with Crippen LogP contribution in [0.4, 0.5) is 0 Å². The number of nitrogens with one attached hydrogen (secondary N) is 1. The summed E-state index contributed by atoms with van der Waals surface area (Å²) in [6, 6.07) is 2.90. The highest BCUT2D eigenvalue weighted by Crippen LogP contribution is 2.33. The van der Waals surface area contributed by atoms with Gasteiger partial charge in [-0.05, 0) is 44.9 Å². The lowest BCUT2D eigenvalue weighted by molar-refractivity contribution is 0.192. The van der Waals surface area contributed by atoms with Crippen LogP contribution in [-0.4, -0.2) is 36.7 Å². The number of nitrogens with zero attached hydrogens (tertiary/aromatic N) is 1. The second kappa shape index (κ2) is 5.19. The van der Waals surface area contributed by atoms with Crippen LogP contribution in [0, 0.1) is 0 Å². The molecule has 0 spiro atoms. The van der Waals surface area contributed by atoms with Crippen molar-refractivity contribution < 1.29 is 4.74 Å². The highest BCUT2D eigenvalue weighted by Gasteiger charge is 2.26. The maximum absolute atomic E-state index is 6.16. The van der Waals surface area contributed by atoms with E-state index >= 15 is 0 Å². The van der Waals surface area contributed by atoms with Crippen LogP contribution >= 0.6 is 11.3 Å². The van der Waals surface area contributed by atoms with Crippen LogP contribution in [0.1, 0.15) is 30.7 Å². The Morgan fingerprint density at radius 2 is 2.39 bits per heavy atom. The van der Waals surface area contributed by atoms with Crippen molar-refractivity contribution in [2.75, 3.05) is 19.6 Å². The third kappa shape index (κ3) is 2.56. The molecule has 2 aliphatic heterocycles. The summed E-state index contributed by atoms with van der Waals surface area (Å²) in [4.78, 5) is 3.97. The van der Waals surface area contributed by atoms with E-state index in [1.54, 1.807) is 0 Å². The third-order valence-electron chi connectivity index (χ3n) is 3.92. The average Bonchev–Trinajstić information content (AvgIpc) is 2.94. The maximum atomic E-state index is 6.16. The Labute approximate surface area is 113 Å². The first-order chi connectivity index (χ1) is 8.72. The Morgan fingerprint density at radius 1 is 1.50 bits per heavy atom. The molecule has 0 aromatic carbocycles. The summed E-state index contributed by atoms with van der Waals surface area (Å²) in [5, 5.41) is 4.54. The van der Waals surface area contributed by atoms with E-state index in [4.69, 9.17) is 4.74 Å². The van der Waals surface area contributed by atoms with Gasteiger partial charge in [0, 0.05) is 30.6 Å². The first-order valence-electron chi connectivity index (χ1n) is 6.95. The van der Waals surface area contributed by atoms with Gasteiger partial charge in [-0.25, -0.2) is 0 Å². The van der Waals surface area contributed by atoms with E-state index in [-0.39, 0.29) is 0 Å². The van der Waals surface area contributed by atoms with E-state index in [0.29, 0.717) is 12.1 Å². The highest BCUT2D eigenvalue weighted by molar-refractivity contribution is 7.14. The van der Waals surface area contributed by atoms with E-state index in [0.717, 1.165) is 31.1 Å². The average molecular weight is 266 g/mol. The van der Waals surface area contributed by atoms with E-state index in [1.807, 2.05) is 11.3 Å². The number of hydrogen-bond acceptors (Lipinski definition) is 4. The molecular formula is C14H22N2OS. The van der Waals surface area contributed by atoms with Crippen molar-refractivity contribution in [1.29, 1.82) is 0 Å². The first kappa shape index (κ1) is 12.5.